The number of likely N-dealkylation sites (N-methyl/N-ethyl adjacent to an activating group) is 1. The van der Waals surface area contributed by atoms with E-state index in [1.165, 1.54) is 0 Å². The normalized spacial score (nSPS) is 14.8. The van der Waals surface area contributed by atoms with Crippen LogP contribution in [0.4, 0.5) is 5.69 Å². The Morgan fingerprint density at radius 1 is 1.04 bits per heavy atom. The zero-order valence-corrected chi connectivity index (χ0v) is 15.0. The van der Waals surface area contributed by atoms with Gasteiger partial charge in [-0.15, -0.1) is 0 Å². The third kappa shape index (κ3) is 3.51. The lowest BCUT2D eigenvalue weighted by Crippen LogP contribution is -2.27. The summed E-state index contributed by atoms with van der Waals surface area (Å²) in [6.45, 7) is 0. The van der Waals surface area contributed by atoms with Crippen molar-refractivity contribution in [2.75, 3.05) is 12.4 Å². The van der Waals surface area contributed by atoms with Crippen LogP contribution in [0.2, 0.25) is 0 Å². The van der Waals surface area contributed by atoms with Crippen LogP contribution in [0.25, 0.3) is 0 Å². The van der Waals surface area contributed by atoms with Crippen molar-refractivity contribution >= 4 is 33.4 Å². The molecule has 0 aromatic heterocycles. The quantitative estimate of drug-likeness (QED) is 0.826. The first-order valence-electron chi connectivity index (χ1n) is 7.90. The lowest BCUT2D eigenvalue weighted by molar-refractivity contribution is -0.120. The van der Waals surface area contributed by atoms with E-state index in [0.29, 0.717) is 6.42 Å². The van der Waals surface area contributed by atoms with Crippen LogP contribution >= 0.6 is 15.9 Å². The lowest BCUT2D eigenvalue weighted by Gasteiger charge is -2.16. The second kappa shape index (κ2) is 6.77. The van der Waals surface area contributed by atoms with Crippen LogP contribution in [-0.4, -0.2) is 18.9 Å². The van der Waals surface area contributed by atoms with Crippen molar-refractivity contribution in [3.05, 3.63) is 64.1 Å². The molecule has 2 aromatic rings. The summed E-state index contributed by atoms with van der Waals surface area (Å²) in [6, 6.07) is 15.4. The third-order valence-corrected chi connectivity index (χ3v) is 4.97. The Morgan fingerprint density at radius 2 is 1.67 bits per heavy atom. The highest BCUT2D eigenvalue weighted by Gasteiger charge is 2.51. The van der Waals surface area contributed by atoms with Crippen molar-refractivity contribution in [2.24, 2.45) is 0 Å². The molecule has 1 fully saturated rings. The molecule has 1 saturated carbocycles. The van der Waals surface area contributed by atoms with Gasteiger partial charge in [-0.1, -0.05) is 40.2 Å². The van der Waals surface area contributed by atoms with E-state index < -0.39 is 5.41 Å². The van der Waals surface area contributed by atoms with Crippen molar-refractivity contribution in [1.29, 1.82) is 0 Å². The molecule has 1 aliphatic carbocycles. The van der Waals surface area contributed by atoms with E-state index in [0.717, 1.165) is 34.1 Å². The van der Waals surface area contributed by atoms with E-state index in [1.807, 2.05) is 48.5 Å². The van der Waals surface area contributed by atoms with Crippen LogP contribution < -0.4 is 10.6 Å². The van der Waals surface area contributed by atoms with Gasteiger partial charge in [-0.2, -0.15) is 0 Å². The summed E-state index contributed by atoms with van der Waals surface area (Å²) in [5.74, 6) is 0.00262. The number of hydrogen-bond acceptors (Lipinski definition) is 2. The van der Waals surface area contributed by atoms with Gasteiger partial charge in [0.1, 0.15) is 0 Å². The Labute approximate surface area is 149 Å². The van der Waals surface area contributed by atoms with Crippen LogP contribution in [0.3, 0.4) is 0 Å². The van der Waals surface area contributed by atoms with Gasteiger partial charge in [-0.05, 0) is 48.2 Å². The smallest absolute Gasteiger partial charge is 0.235 e. The van der Waals surface area contributed by atoms with Gasteiger partial charge in [-0.25, -0.2) is 0 Å². The average molecular weight is 387 g/mol. The summed E-state index contributed by atoms with van der Waals surface area (Å²) in [7, 11) is 1.62. The minimum Gasteiger partial charge on any atom is -0.359 e. The minimum atomic E-state index is -0.401. The number of rotatable bonds is 5. The zero-order chi connectivity index (χ0) is 17.2. The summed E-state index contributed by atoms with van der Waals surface area (Å²) in [5, 5.41) is 5.60. The predicted octanol–water partition coefficient (Wildman–Crippen LogP) is 3.41. The Balaban J connectivity index is 1.68. The zero-order valence-electron chi connectivity index (χ0n) is 13.4. The van der Waals surface area contributed by atoms with Crippen molar-refractivity contribution in [3.63, 3.8) is 0 Å². The molecule has 2 amide bonds. The standard InChI is InChI=1S/C19H19BrN2O2/c1-21-17(23)12-13-2-8-16(9-3-13)22-18(24)19(10-11-19)14-4-6-15(20)7-5-14/h2-9H,10-12H2,1H3,(H,21,23)(H,22,24). The first-order chi connectivity index (χ1) is 11.5. The first-order valence-corrected chi connectivity index (χ1v) is 8.70. The van der Waals surface area contributed by atoms with Crippen LogP contribution in [0.1, 0.15) is 24.0 Å². The Kier molecular flexibility index (Phi) is 4.71. The molecule has 124 valence electrons. The highest BCUT2D eigenvalue weighted by molar-refractivity contribution is 9.10. The summed E-state index contributed by atoms with van der Waals surface area (Å²) < 4.78 is 1.01. The van der Waals surface area contributed by atoms with Crippen LogP contribution in [0.5, 0.6) is 0 Å². The molecule has 0 atom stereocenters. The molecular formula is C19H19BrN2O2. The van der Waals surface area contributed by atoms with E-state index >= 15 is 0 Å². The Morgan fingerprint density at radius 3 is 2.21 bits per heavy atom. The predicted molar refractivity (Wildman–Crippen MR) is 97.9 cm³/mol. The van der Waals surface area contributed by atoms with Gasteiger partial charge in [0.25, 0.3) is 0 Å². The van der Waals surface area contributed by atoms with Gasteiger partial charge >= 0.3 is 0 Å². The number of amides is 2. The molecule has 5 heteroatoms. The molecule has 0 spiro atoms. The first kappa shape index (κ1) is 16.7. The number of carbonyl (C=O) groups excluding carboxylic acids is 2. The van der Waals surface area contributed by atoms with Crippen molar-refractivity contribution in [1.82, 2.24) is 5.32 Å². The number of anilines is 1. The molecule has 3 rings (SSSR count). The second-order valence-electron chi connectivity index (χ2n) is 6.09. The number of carbonyl (C=O) groups is 2. The lowest BCUT2D eigenvalue weighted by atomic mass is 9.95. The van der Waals surface area contributed by atoms with Gasteiger partial charge < -0.3 is 10.6 Å². The van der Waals surface area contributed by atoms with Gasteiger partial charge in [0.15, 0.2) is 0 Å². The number of benzene rings is 2. The fourth-order valence-electron chi connectivity index (χ4n) is 2.77. The van der Waals surface area contributed by atoms with Crippen molar-refractivity contribution < 1.29 is 9.59 Å². The molecule has 1 aliphatic rings. The second-order valence-corrected chi connectivity index (χ2v) is 7.01. The molecular weight excluding hydrogens is 368 g/mol. The fraction of sp³-hybridized carbons (Fsp3) is 0.263. The number of nitrogens with one attached hydrogen (secondary N) is 2. The molecule has 0 unspecified atom stereocenters. The topological polar surface area (TPSA) is 58.2 Å². The average Bonchev–Trinajstić information content (AvgIpc) is 3.39. The molecule has 0 radical (unpaired) electrons. The van der Waals surface area contributed by atoms with Gasteiger partial charge in [0, 0.05) is 17.2 Å². The van der Waals surface area contributed by atoms with E-state index in [-0.39, 0.29) is 11.8 Å². The van der Waals surface area contributed by atoms with Crippen molar-refractivity contribution in [3.8, 4) is 0 Å². The van der Waals surface area contributed by atoms with E-state index in [4.69, 9.17) is 0 Å². The summed E-state index contributed by atoms with van der Waals surface area (Å²) >= 11 is 3.42. The number of hydrogen-bond donors (Lipinski definition) is 2. The SMILES string of the molecule is CNC(=O)Cc1ccc(NC(=O)C2(c3ccc(Br)cc3)CC2)cc1. The molecule has 0 heterocycles. The van der Waals surface area contributed by atoms with Crippen molar-refractivity contribution in [2.45, 2.75) is 24.7 Å². The Hall–Kier alpha value is -2.14. The highest BCUT2D eigenvalue weighted by Crippen LogP contribution is 2.49. The van der Waals surface area contributed by atoms with E-state index in [2.05, 4.69) is 26.6 Å². The van der Waals surface area contributed by atoms with Gasteiger partial charge in [-0.3, -0.25) is 9.59 Å². The Bertz CT molecular complexity index is 750. The maximum absolute atomic E-state index is 12.7. The van der Waals surface area contributed by atoms with Crippen LogP contribution in [0, 0.1) is 0 Å². The molecule has 0 saturated heterocycles. The minimum absolute atomic E-state index is 0.0287. The fourth-order valence-corrected chi connectivity index (χ4v) is 3.04. The van der Waals surface area contributed by atoms with Crippen LogP contribution in [-0.2, 0) is 21.4 Å². The van der Waals surface area contributed by atoms with E-state index in [1.54, 1.807) is 7.05 Å². The summed E-state index contributed by atoms with van der Waals surface area (Å²) in [4.78, 5) is 24.1. The van der Waals surface area contributed by atoms with Gasteiger partial charge in [0.2, 0.25) is 11.8 Å². The molecule has 24 heavy (non-hydrogen) atoms. The van der Waals surface area contributed by atoms with Gasteiger partial charge in [0.05, 0.1) is 11.8 Å². The largest absolute Gasteiger partial charge is 0.359 e. The van der Waals surface area contributed by atoms with Crippen LogP contribution in [0.15, 0.2) is 53.0 Å². The molecule has 4 nitrogen and oxygen atoms in total. The van der Waals surface area contributed by atoms with E-state index in [9.17, 15) is 9.59 Å². The molecule has 2 N–H and O–H groups in total. The molecule has 0 aliphatic heterocycles. The summed E-state index contributed by atoms with van der Waals surface area (Å²) in [6.07, 6.45) is 2.08. The third-order valence-electron chi connectivity index (χ3n) is 4.44. The highest BCUT2D eigenvalue weighted by atomic mass is 79.9. The monoisotopic (exact) mass is 386 g/mol. The molecule has 2 aromatic carbocycles. The molecule has 0 bridgehead atoms. The maximum atomic E-state index is 12.7. The maximum Gasteiger partial charge on any atom is 0.235 e. The number of halogens is 1. The summed E-state index contributed by atoms with van der Waals surface area (Å²) in [5.41, 5.74) is 2.33.